The predicted molar refractivity (Wildman–Crippen MR) is 76.6 cm³/mol. The zero-order valence-corrected chi connectivity index (χ0v) is 12.4. The van der Waals surface area contributed by atoms with E-state index in [2.05, 4.69) is 52.1 Å². The van der Waals surface area contributed by atoms with Crippen LogP contribution in [0.4, 0.5) is 5.95 Å². The van der Waals surface area contributed by atoms with Gasteiger partial charge >= 0.3 is 0 Å². The Morgan fingerprint density at radius 2 is 2.28 bits per heavy atom. The Kier molecular flexibility index (Phi) is 3.59. The molecular formula is C12H18BrN5. The van der Waals surface area contributed by atoms with Gasteiger partial charge in [0.05, 0.1) is 10.0 Å². The maximum atomic E-state index is 5.85. The zero-order valence-electron chi connectivity index (χ0n) is 10.8. The van der Waals surface area contributed by atoms with Gasteiger partial charge in [0.2, 0.25) is 5.95 Å². The van der Waals surface area contributed by atoms with Crippen LogP contribution in [0, 0.1) is 5.92 Å². The van der Waals surface area contributed by atoms with E-state index in [0.29, 0.717) is 18.4 Å². The minimum atomic E-state index is -0.211. The van der Waals surface area contributed by atoms with E-state index in [9.17, 15) is 0 Å². The van der Waals surface area contributed by atoms with Crippen LogP contribution in [0.25, 0.3) is 5.65 Å². The quantitative estimate of drug-likeness (QED) is 0.909. The van der Waals surface area contributed by atoms with Crippen LogP contribution in [-0.2, 0) is 0 Å². The van der Waals surface area contributed by atoms with Crippen molar-refractivity contribution in [2.45, 2.75) is 26.3 Å². The van der Waals surface area contributed by atoms with Crippen LogP contribution in [0.5, 0.6) is 0 Å². The number of nitrogens with one attached hydrogen (secondary N) is 1. The summed E-state index contributed by atoms with van der Waals surface area (Å²) < 4.78 is 2.66. The second-order valence-corrected chi connectivity index (χ2v) is 5.82. The van der Waals surface area contributed by atoms with E-state index in [1.54, 1.807) is 4.52 Å². The van der Waals surface area contributed by atoms with Crippen molar-refractivity contribution in [3.63, 3.8) is 0 Å². The first-order valence-corrected chi connectivity index (χ1v) is 6.75. The van der Waals surface area contributed by atoms with Gasteiger partial charge in [0, 0.05) is 12.7 Å². The molecule has 0 saturated carbocycles. The lowest BCUT2D eigenvalue weighted by atomic mass is 9.89. The normalized spacial score (nSPS) is 15.0. The molecular weight excluding hydrogens is 294 g/mol. The summed E-state index contributed by atoms with van der Waals surface area (Å²) in [5.74, 6) is 0.987. The smallest absolute Gasteiger partial charge is 0.243 e. The standard InChI is InChI=1S/C12H18BrN5/c1-8(2)12(3,7-14)16-11-15-10-9(13)5-4-6-18(10)17-11/h4-6,8H,7,14H2,1-3H3,(H,16,17). The van der Waals surface area contributed by atoms with E-state index >= 15 is 0 Å². The van der Waals surface area contributed by atoms with Gasteiger partial charge in [0.15, 0.2) is 5.65 Å². The Bertz CT molecular complexity index is 550. The highest BCUT2D eigenvalue weighted by molar-refractivity contribution is 9.10. The van der Waals surface area contributed by atoms with Crippen LogP contribution in [-0.4, -0.2) is 26.7 Å². The molecule has 18 heavy (non-hydrogen) atoms. The van der Waals surface area contributed by atoms with Gasteiger partial charge in [-0.2, -0.15) is 4.98 Å². The Morgan fingerprint density at radius 3 is 2.83 bits per heavy atom. The lowest BCUT2D eigenvalue weighted by Crippen LogP contribution is -2.47. The first-order chi connectivity index (χ1) is 8.46. The summed E-state index contributed by atoms with van der Waals surface area (Å²) in [6.45, 7) is 6.87. The maximum absolute atomic E-state index is 5.85. The largest absolute Gasteiger partial charge is 0.346 e. The number of halogens is 1. The summed E-state index contributed by atoms with van der Waals surface area (Å²) >= 11 is 3.46. The van der Waals surface area contributed by atoms with Crippen molar-refractivity contribution in [3.8, 4) is 0 Å². The number of pyridine rings is 1. The topological polar surface area (TPSA) is 68.2 Å². The van der Waals surface area contributed by atoms with Crippen molar-refractivity contribution in [1.82, 2.24) is 14.6 Å². The molecule has 5 nitrogen and oxygen atoms in total. The average molecular weight is 312 g/mol. The van der Waals surface area contributed by atoms with Crippen molar-refractivity contribution in [2.24, 2.45) is 11.7 Å². The van der Waals surface area contributed by atoms with Crippen LogP contribution in [0.3, 0.4) is 0 Å². The number of nitrogens with two attached hydrogens (primary N) is 1. The summed E-state index contributed by atoms with van der Waals surface area (Å²) in [5, 5.41) is 7.73. The predicted octanol–water partition coefficient (Wildman–Crippen LogP) is 2.28. The third kappa shape index (κ3) is 2.35. The van der Waals surface area contributed by atoms with Crippen LogP contribution < -0.4 is 11.1 Å². The van der Waals surface area contributed by atoms with Crippen molar-refractivity contribution in [1.29, 1.82) is 0 Å². The van der Waals surface area contributed by atoms with Crippen LogP contribution in [0.1, 0.15) is 20.8 Å². The van der Waals surface area contributed by atoms with E-state index in [1.165, 1.54) is 0 Å². The second kappa shape index (κ2) is 4.85. The first-order valence-electron chi connectivity index (χ1n) is 5.95. The number of aromatic nitrogens is 3. The molecule has 0 aliphatic heterocycles. The minimum absolute atomic E-state index is 0.211. The lowest BCUT2D eigenvalue weighted by Gasteiger charge is -2.32. The molecule has 98 valence electrons. The molecule has 3 N–H and O–H groups in total. The van der Waals surface area contributed by atoms with Gasteiger partial charge in [-0.15, -0.1) is 5.10 Å². The fraction of sp³-hybridized carbons (Fsp3) is 0.500. The van der Waals surface area contributed by atoms with Gasteiger partial charge in [-0.1, -0.05) is 13.8 Å². The second-order valence-electron chi connectivity index (χ2n) is 4.96. The van der Waals surface area contributed by atoms with Crippen LogP contribution in [0.2, 0.25) is 0 Å². The van der Waals surface area contributed by atoms with E-state index in [1.807, 2.05) is 18.3 Å². The van der Waals surface area contributed by atoms with Gasteiger partial charge in [0.1, 0.15) is 0 Å². The first kappa shape index (κ1) is 13.3. The highest BCUT2D eigenvalue weighted by Gasteiger charge is 2.27. The molecule has 1 atom stereocenters. The SMILES string of the molecule is CC(C)C(C)(CN)Nc1nc2c(Br)cccn2n1. The number of hydrogen-bond donors (Lipinski definition) is 2. The molecule has 0 amide bonds. The van der Waals surface area contributed by atoms with Crippen LogP contribution in [0.15, 0.2) is 22.8 Å². The lowest BCUT2D eigenvalue weighted by molar-refractivity contribution is 0.380. The average Bonchev–Trinajstić information content (AvgIpc) is 2.72. The third-order valence-corrected chi connectivity index (χ3v) is 4.03. The summed E-state index contributed by atoms with van der Waals surface area (Å²) in [4.78, 5) is 4.47. The minimum Gasteiger partial charge on any atom is -0.346 e. The number of nitrogens with zero attached hydrogens (tertiary/aromatic N) is 3. The molecule has 0 saturated heterocycles. The van der Waals surface area contributed by atoms with E-state index in [0.717, 1.165) is 10.1 Å². The molecule has 2 heterocycles. The van der Waals surface area contributed by atoms with Crippen molar-refractivity contribution < 1.29 is 0 Å². The van der Waals surface area contributed by atoms with Gasteiger partial charge in [-0.05, 0) is 40.9 Å². The molecule has 0 bridgehead atoms. The fourth-order valence-electron chi connectivity index (χ4n) is 1.61. The summed E-state index contributed by atoms with van der Waals surface area (Å²) in [6.07, 6.45) is 1.87. The molecule has 0 aliphatic carbocycles. The van der Waals surface area contributed by atoms with Crippen LogP contribution >= 0.6 is 15.9 Å². The van der Waals surface area contributed by atoms with Gasteiger partial charge in [0.25, 0.3) is 0 Å². The van der Waals surface area contributed by atoms with Gasteiger partial charge in [-0.25, -0.2) is 4.52 Å². The molecule has 0 radical (unpaired) electrons. The van der Waals surface area contributed by atoms with Crippen molar-refractivity contribution in [3.05, 3.63) is 22.8 Å². The molecule has 0 spiro atoms. The molecule has 6 heteroatoms. The number of hydrogen-bond acceptors (Lipinski definition) is 4. The molecule has 2 aromatic heterocycles. The Balaban J connectivity index is 2.35. The Labute approximate surface area is 115 Å². The number of fused-ring (bicyclic) bond motifs is 1. The molecule has 2 rings (SSSR count). The molecule has 2 aromatic rings. The monoisotopic (exact) mass is 311 g/mol. The molecule has 0 aliphatic rings. The molecule has 1 unspecified atom stereocenters. The maximum Gasteiger partial charge on any atom is 0.243 e. The summed E-state index contributed by atoms with van der Waals surface area (Å²) in [7, 11) is 0. The Hall–Kier alpha value is -1.14. The van der Waals surface area contributed by atoms with Crippen molar-refractivity contribution >= 4 is 27.5 Å². The van der Waals surface area contributed by atoms with E-state index < -0.39 is 0 Å². The van der Waals surface area contributed by atoms with Gasteiger partial charge < -0.3 is 11.1 Å². The number of anilines is 1. The summed E-state index contributed by atoms with van der Waals surface area (Å²) in [5.41, 5.74) is 6.43. The molecule has 0 fully saturated rings. The van der Waals surface area contributed by atoms with E-state index in [4.69, 9.17) is 5.73 Å². The highest BCUT2D eigenvalue weighted by atomic mass is 79.9. The summed E-state index contributed by atoms with van der Waals surface area (Å²) in [6, 6.07) is 3.86. The highest BCUT2D eigenvalue weighted by Crippen LogP contribution is 2.22. The molecule has 0 aromatic carbocycles. The fourth-order valence-corrected chi connectivity index (χ4v) is 2.04. The third-order valence-electron chi connectivity index (χ3n) is 3.41. The number of rotatable bonds is 4. The Morgan fingerprint density at radius 1 is 1.56 bits per heavy atom. The van der Waals surface area contributed by atoms with Crippen molar-refractivity contribution in [2.75, 3.05) is 11.9 Å². The van der Waals surface area contributed by atoms with Gasteiger partial charge in [-0.3, -0.25) is 0 Å². The zero-order chi connectivity index (χ0) is 13.3. The van der Waals surface area contributed by atoms with E-state index in [-0.39, 0.29) is 5.54 Å².